The van der Waals surface area contributed by atoms with Gasteiger partial charge in [0.05, 0.1) is 23.0 Å². The first-order valence-corrected chi connectivity index (χ1v) is 9.96. The Labute approximate surface area is 177 Å². The van der Waals surface area contributed by atoms with Gasteiger partial charge in [-0.15, -0.1) is 0 Å². The third-order valence-corrected chi connectivity index (χ3v) is 5.58. The van der Waals surface area contributed by atoms with E-state index in [1.807, 2.05) is 20.8 Å². The highest BCUT2D eigenvalue weighted by atomic mass is 35.5. The average molecular weight is 429 g/mol. The summed E-state index contributed by atoms with van der Waals surface area (Å²) >= 11 is 6.33. The van der Waals surface area contributed by atoms with Crippen molar-refractivity contribution in [2.45, 2.75) is 45.7 Å². The highest BCUT2D eigenvalue weighted by molar-refractivity contribution is 6.32. The molecule has 9 heteroatoms. The standard InChI is InChI=1S/C21H21ClN4O4/c1-5-11(20-23-8-9(2)30-20)24-15-16(18(28)17(15)27)25-12-7-6-10(22)14-13(12)19(29)26-21(14,3)4/h6-8,11,24-25H,5H2,1-4H3,(H,26,29)/t11-/m1/s1. The monoisotopic (exact) mass is 428 g/mol. The zero-order valence-corrected chi connectivity index (χ0v) is 17.7. The molecule has 1 atom stereocenters. The molecule has 0 spiro atoms. The first-order chi connectivity index (χ1) is 14.1. The average Bonchev–Trinajstić information content (AvgIpc) is 3.23. The molecule has 0 saturated carbocycles. The van der Waals surface area contributed by atoms with E-state index in [0.717, 1.165) is 0 Å². The minimum absolute atomic E-state index is 0.101. The lowest BCUT2D eigenvalue weighted by molar-refractivity contribution is 0.0941. The number of hydrogen-bond acceptors (Lipinski definition) is 7. The number of nitrogens with zero attached hydrogens (tertiary/aromatic N) is 1. The lowest BCUT2D eigenvalue weighted by atomic mass is 9.93. The van der Waals surface area contributed by atoms with Crippen LogP contribution in [0.4, 0.5) is 17.1 Å². The number of anilines is 3. The van der Waals surface area contributed by atoms with Crippen LogP contribution in [0.15, 0.2) is 32.3 Å². The number of aromatic nitrogens is 1. The van der Waals surface area contributed by atoms with Crippen LogP contribution in [0.25, 0.3) is 0 Å². The first-order valence-electron chi connectivity index (χ1n) is 9.58. The number of halogens is 1. The molecule has 1 aliphatic heterocycles. The van der Waals surface area contributed by atoms with Crippen molar-refractivity contribution in [3.05, 3.63) is 66.6 Å². The second kappa shape index (κ2) is 6.98. The number of rotatable bonds is 6. The Morgan fingerprint density at radius 1 is 1.20 bits per heavy atom. The third-order valence-electron chi connectivity index (χ3n) is 5.27. The lowest BCUT2D eigenvalue weighted by Crippen LogP contribution is -2.37. The van der Waals surface area contributed by atoms with Crippen LogP contribution in [-0.2, 0) is 5.54 Å². The molecule has 1 aromatic heterocycles. The van der Waals surface area contributed by atoms with Crippen LogP contribution in [0.1, 0.15) is 60.8 Å². The summed E-state index contributed by atoms with van der Waals surface area (Å²) in [5.74, 6) is 0.788. The molecular weight excluding hydrogens is 408 g/mol. The second-order valence-electron chi connectivity index (χ2n) is 7.87. The van der Waals surface area contributed by atoms with Crippen LogP contribution < -0.4 is 26.8 Å². The largest absolute Gasteiger partial charge is 0.444 e. The number of carbonyl (C=O) groups is 1. The van der Waals surface area contributed by atoms with E-state index in [4.69, 9.17) is 16.0 Å². The number of amides is 1. The van der Waals surface area contributed by atoms with Gasteiger partial charge in [-0.25, -0.2) is 4.98 Å². The Bertz CT molecular complexity index is 1240. The van der Waals surface area contributed by atoms with E-state index >= 15 is 0 Å². The predicted molar refractivity (Wildman–Crippen MR) is 114 cm³/mol. The summed E-state index contributed by atoms with van der Waals surface area (Å²) in [6.45, 7) is 7.39. The zero-order chi connectivity index (χ0) is 21.8. The van der Waals surface area contributed by atoms with Crippen molar-refractivity contribution in [1.29, 1.82) is 0 Å². The molecule has 0 bridgehead atoms. The summed E-state index contributed by atoms with van der Waals surface area (Å²) < 4.78 is 5.55. The highest BCUT2D eigenvalue weighted by Gasteiger charge is 2.39. The summed E-state index contributed by atoms with van der Waals surface area (Å²) in [6.07, 6.45) is 2.18. The first kappa shape index (κ1) is 20.2. The zero-order valence-electron chi connectivity index (χ0n) is 17.0. The molecule has 3 aromatic rings. The fourth-order valence-corrected chi connectivity index (χ4v) is 4.16. The van der Waals surface area contributed by atoms with Gasteiger partial charge >= 0.3 is 0 Å². The third kappa shape index (κ3) is 3.08. The van der Waals surface area contributed by atoms with Crippen molar-refractivity contribution in [1.82, 2.24) is 10.3 Å². The summed E-state index contributed by atoms with van der Waals surface area (Å²) in [5, 5.41) is 9.35. The van der Waals surface area contributed by atoms with Gasteiger partial charge in [0, 0.05) is 10.6 Å². The fourth-order valence-electron chi connectivity index (χ4n) is 3.77. The number of aryl methyl sites for hydroxylation is 1. The molecule has 1 aliphatic rings. The van der Waals surface area contributed by atoms with E-state index in [1.165, 1.54) is 0 Å². The predicted octanol–water partition coefficient (Wildman–Crippen LogP) is 3.52. The maximum absolute atomic E-state index is 12.6. The van der Waals surface area contributed by atoms with Crippen LogP contribution in [0.5, 0.6) is 0 Å². The van der Waals surface area contributed by atoms with Crippen LogP contribution >= 0.6 is 11.6 Å². The van der Waals surface area contributed by atoms with Gasteiger partial charge in [0.15, 0.2) is 0 Å². The number of fused-ring (bicyclic) bond motifs is 1. The maximum Gasteiger partial charge on any atom is 0.254 e. The molecule has 0 saturated heterocycles. The second-order valence-corrected chi connectivity index (χ2v) is 8.28. The van der Waals surface area contributed by atoms with Crippen molar-refractivity contribution in [3.63, 3.8) is 0 Å². The van der Waals surface area contributed by atoms with Gasteiger partial charge < -0.3 is 20.4 Å². The lowest BCUT2D eigenvalue weighted by Gasteiger charge is -2.22. The van der Waals surface area contributed by atoms with Crippen molar-refractivity contribution in [2.24, 2.45) is 0 Å². The fraction of sp³-hybridized carbons (Fsp3) is 0.333. The summed E-state index contributed by atoms with van der Waals surface area (Å²) in [4.78, 5) is 41.3. The Hall–Kier alpha value is -3.13. The molecule has 0 radical (unpaired) electrons. The van der Waals surface area contributed by atoms with E-state index in [9.17, 15) is 14.4 Å². The van der Waals surface area contributed by atoms with Gasteiger partial charge in [-0.1, -0.05) is 18.5 Å². The summed E-state index contributed by atoms with van der Waals surface area (Å²) in [6, 6.07) is 2.91. The normalized spacial score (nSPS) is 15.7. The quantitative estimate of drug-likeness (QED) is 0.515. The van der Waals surface area contributed by atoms with Gasteiger partial charge in [-0.2, -0.15) is 0 Å². The molecule has 30 heavy (non-hydrogen) atoms. The van der Waals surface area contributed by atoms with Crippen molar-refractivity contribution < 1.29 is 9.21 Å². The van der Waals surface area contributed by atoms with Crippen LogP contribution in [0, 0.1) is 6.92 Å². The Balaban J connectivity index is 1.70. The molecule has 1 amide bonds. The van der Waals surface area contributed by atoms with E-state index in [-0.39, 0.29) is 23.3 Å². The number of oxazole rings is 1. The van der Waals surface area contributed by atoms with Gasteiger partial charge in [0.25, 0.3) is 16.8 Å². The smallest absolute Gasteiger partial charge is 0.254 e. The Morgan fingerprint density at radius 3 is 2.53 bits per heavy atom. The molecule has 2 heterocycles. The van der Waals surface area contributed by atoms with Gasteiger partial charge in [0.1, 0.15) is 23.2 Å². The van der Waals surface area contributed by atoms with E-state index in [2.05, 4.69) is 20.9 Å². The number of hydrogen-bond donors (Lipinski definition) is 3. The molecule has 0 aliphatic carbocycles. The van der Waals surface area contributed by atoms with Crippen LogP contribution in [0.3, 0.4) is 0 Å². The minimum atomic E-state index is -0.655. The van der Waals surface area contributed by atoms with Crippen LogP contribution in [-0.4, -0.2) is 10.9 Å². The van der Waals surface area contributed by atoms with Gasteiger partial charge in [0.2, 0.25) is 5.89 Å². The van der Waals surface area contributed by atoms with Gasteiger partial charge in [-0.3, -0.25) is 14.4 Å². The molecule has 3 N–H and O–H groups in total. The van der Waals surface area contributed by atoms with E-state index < -0.39 is 16.4 Å². The molecular formula is C21H21ClN4O4. The molecule has 8 nitrogen and oxygen atoms in total. The number of nitrogens with one attached hydrogen (secondary N) is 3. The van der Waals surface area contributed by atoms with Crippen molar-refractivity contribution >= 4 is 34.6 Å². The SMILES string of the molecule is CC[C@@H](Nc1c(Nc2ccc(Cl)c3c2C(=O)NC3(C)C)c(=O)c1=O)c1ncc(C)o1. The van der Waals surface area contributed by atoms with Crippen LogP contribution in [0.2, 0.25) is 5.02 Å². The number of benzene rings is 1. The molecule has 156 valence electrons. The highest BCUT2D eigenvalue weighted by Crippen LogP contribution is 2.41. The topological polar surface area (TPSA) is 113 Å². The molecule has 4 rings (SSSR count). The van der Waals surface area contributed by atoms with Crippen molar-refractivity contribution in [2.75, 3.05) is 10.6 Å². The maximum atomic E-state index is 12.6. The van der Waals surface area contributed by atoms with Gasteiger partial charge in [-0.05, 0) is 39.3 Å². The molecule has 2 aromatic carbocycles. The Morgan fingerprint density at radius 2 is 1.90 bits per heavy atom. The molecule has 0 unspecified atom stereocenters. The summed E-state index contributed by atoms with van der Waals surface area (Å²) in [5.41, 5.74) is -0.269. The van der Waals surface area contributed by atoms with Crippen molar-refractivity contribution in [3.8, 4) is 0 Å². The summed E-state index contributed by atoms with van der Waals surface area (Å²) in [7, 11) is 0. The van der Waals surface area contributed by atoms with E-state index in [0.29, 0.717) is 39.9 Å². The van der Waals surface area contributed by atoms with E-state index in [1.54, 1.807) is 25.3 Å². The Kier molecular flexibility index (Phi) is 4.69. The molecule has 0 fully saturated rings. The number of carbonyl (C=O) groups excluding carboxylic acids is 1. The minimum Gasteiger partial charge on any atom is -0.444 e.